The van der Waals surface area contributed by atoms with Gasteiger partial charge in [0.2, 0.25) is 0 Å². The Morgan fingerprint density at radius 2 is 2.00 bits per heavy atom. The first-order valence-corrected chi connectivity index (χ1v) is 6.42. The lowest BCUT2D eigenvalue weighted by molar-refractivity contribution is -0.138. The number of likely N-dealkylation sites (tertiary alicyclic amines) is 1. The van der Waals surface area contributed by atoms with Gasteiger partial charge in [0.15, 0.2) is 0 Å². The third kappa shape index (κ3) is 5.50. The van der Waals surface area contributed by atoms with Crippen molar-refractivity contribution in [3.05, 3.63) is 0 Å². The number of rotatable bonds is 6. The molecule has 100 valence electrons. The van der Waals surface area contributed by atoms with Gasteiger partial charge in [-0.2, -0.15) is 0 Å². The number of carboxylic acid groups (broad SMARTS) is 1. The molecule has 1 aliphatic heterocycles. The maximum absolute atomic E-state index is 10.6. The van der Waals surface area contributed by atoms with Crippen molar-refractivity contribution in [1.29, 1.82) is 0 Å². The van der Waals surface area contributed by atoms with Gasteiger partial charge in [-0.1, -0.05) is 0 Å². The fraction of sp³-hybridized carbons (Fsp3) is 0.923. The molecule has 1 heterocycles. The fourth-order valence-corrected chi connectivity index (χ4v) is 2.19. The lowest BCUT2D eigenvalue weighted by Gasteiger charge is -2.33. The minimum absolute atomic E-state index is 0.0576. The van der Waals surface area contributed by atoms with E-state index in [2.05, 4.69) is 18.7 Å². The maximum atomic E-state index is 10.6. The van der Waals surface area contributed by atoms with Crippen molar-refractivity contribution in [3.63, 3.8) is 0 Å². The lowest BCUT2D eigenvalue weighted by atomic mass is 9.93. The summed E-state index contributed by atoms with van der Waals surface area (Å²) < 4.78 is 5.40. The van der Waals surface area contributed by atoms with Crippen molar-refractivity contribution in [1.82, 2.24) is 4.90 Å². The van der Waals surface area contributed by atoms with Crippen LogP contribution in [0.25, 0.3) is 0 Å². The molecule has 1 fully saturated rings. The van der Waals surface area contributed by atoms with Crippen molar-refractivity contribution in [2.45, 2.75) is 45.1 Å². The molecular formula is C13H25NO3. The van der Waals surface area contributed by atoms with E-state index in [-0.39, 0.29) is 5.60 Å². The topological polar surface area (TPSA) is 49.8 Å². The molecule has 0 atom stereocenters. The number of aliphatic carboxylic acids is 1. The van der Waals surface area contributed by atoms with Crippen LogP contribution in [-0.2, 0) is 9.53 Å². The maximum Gasteiger partial charge on any atom is 0.303 e. The molecule has 0 spiro atoms. The van der Waals surface area contributed by atoms with Gasteiger partial charge >= 0.3 is 5.97 Å². The molecule has 1 rings (SSSR count). The van der Waals surface area contributed by atoms with Gasteiger partial charge in [-0.3, -0.25) is 4.79 Å². The van der Waals surface area contributed by atoms with Gasteiger partial charge in [0.25, 0.3) is 0 Å². The Labute approximate surface area is 104 Å². The van der Waals surface area contributed by atoms with Crippen LogP contribution in [0.5, 0.6) is 0 Å². The molecule has 0 amide bonds. The largest absolute Gasteiger partial charge is 0.481 e. The second kappa shape index (κ2) is 6.36. The number of piperidine rings is 1. The average molecular weight is 243 g/mol. The van der Waals surface area contributed by atoms with Crippen molar-refractivity contribution in [3.8, 4) is 0 Å². The molecule has 0 aliphatic carbocycles. The van der Waals surface area contributed by atoms with Crippen LogP contribution in [0.3, 0.4) is 0 Å². The van der Waals surface area contributed by atoms with Gasteiger partial charge in [0.1, 0.15) is 0 Å². The standard InChI is InChI=1S/C13H25NO3/c1-13(2,17-3)6-9-14-7-4-11(5-8-14)10-12(15)16/h11H,4-10H2,1-3H3,(H,15,16). The summed E-state index contributed by atoms with van der Waals surface area (Å²) in [4.78, 5) is 13.0. The van der Waals surface area contributed by atoms with E-state index in [0.29, 0.717) is 12.3 Å². The Kier molecular flexibility index (Phi) is 5.40. The van der Waals surface area contributed by atoms with Gasteiger partial charge < -0.3 is 14.7 Å². The summed E-state index contributed by atoms with van der Waals surface area (Å²) in [7, 11) is 1.75. The molecular weight excluding hydrogens is 218 g/mol. The second-order valence-corrected chi connectivity index (χ2v) is 5.60. The highest BCUT2D eigenvalue weighted by Gasteiger charge is 2.23. The highest BCUT2D eigenvalue weighted by Crippen LogP contribution is 2.22. The smallest absolute Gasteiger partial charge is 0.303 e. The zero-order valence-corrected chi connectivity index (χ0v) is 11.2. The third-order valence-corrected chi connectivity index (χ3v) is 3.75. The quantitative estimate of drug-likeness (QED) is 0.775. The van der Waals surface area contributed by atoms with Crippen LogP contribution in [-0.4, -0.2) is 48.3 Å². The van der Waals surface area contributed by atoms with E-state index >= 15 is 0 Å². The minimum atomic E-state index is -0.663. The van der Waals surface area contributed by atoms with Crippen molar-refractivity contribution < 1.29 is 14.6 Å². The predicted molar refractivity (Wildman–Crippen MR) is 67.1 cm³/mol. The van der Waals surface area contributed by atoms with E-state index in [1.807, 2.05) is 0 Å². The van der Waals surface area contributed by atoms with E-state index in [1.54, 1.807) is 7.11 Å². The summed E-state index contributed by atoms with van der Waals surface area (Å²) >= 11 is 0. The zero-order chi connectivity index (χ0) is 12.9. The van der Waals surface area contributed by atoms with E-state index < -0.39 is 5.97 Å². The number of hydrogen-bond acceptors (Lipinski definition) is 3. The number of nitrogens with zero attached hydrogens (tertiary/aromatic N) is 1. The normalized spacial score (nSPS) is 19.5. The summed E-state index contributed by atoms with van der Waals surface area (Å²) in [5.74, 6) is -0.289. The van der Waals surface area contributed by atoms with Crippen LogP contribution in [0.1, 0.15) is 39.5 Å². The van der Waals surface area contributed by atoms with Crippen LogP contribution >= 0.6 is 0 Å². The molecule has 4 heteroatoms. The minimum Gasteiger partial charge on any atom is -0.481 e. The van der Waals surface area contributed by atoms with E-state index in [4.69, 9.17) is 9.84 Å². The van der Waals surface area contributed by atoms with Gasteiger partial charge in [-0.25, -0.2) is 0 Å². The number of carbonyl (C=O) groups is 1. The molecule has 0 radical (unpaired) electrons. The molecule has 0 aromatic carbocycles. The molecule has 0 bridgehead atoms. The van der Waals surface area contributed by atoms with Gasteiger partial charge in [0.05, 0.1) is 5.60 Å². The Balaban J connectivity index is 2.21. The van der Waals surface area contributed by atoms with Crippen LogP contribution in [0.15, 0.2) is 0 Å². The first kappa shape index (κ1) is 14.5. The van der Waals surface area contributed by atoms with E-state index in [9.17, 15) is 4.79 Å². The van der Waals surface area contributed by atoms with Crippen molar-refractivity contribution in [2.75, 3.05) is 26.7 Å². The van der Waals surface area contributed by atoms with Crippen LogP contribution in [0, 0.1) is 5.92 Å². The summed E-state index contributed by atoms with van der Waals surface area (Å²) in [5, 5.41) is 8.74. The van der Waals surface area contributed by atoms with Gasteiger partial charge in [-0.05, 0) is 52.1 Å². The van der Waals surface area contributed by atoms with E-state index in [0.717, 1.165) is 38.9 Å². The Morgan fingerprint density at radius 3 is 2.47 bits per heavy atom. The lowest BCUT2D eigenvalue weighted by Crippen LogP contribution is -2.38. The molecule has 1 N–H and O–H groups in total. The number of carboxylic acids is 1. The highest BCUT2D eigenvalue weighted by molar-refractivity contribution is 5.67. The second-order valence-electron chi connectivity index (χ2n) is 5.60. The fourth-order valence-electron chi connectivity index (χ4n) is 2.19. The molecule has 1 saturated heterocycles. The van der Waals surface area contributed by atoms with E-state index in [1.165, 1.54) is 0 Å². The summed E-state index contributed by atoms with van der Waals surface area (Å²) in [6.07, 6.45) is 3.38. The predicted octanol–water partition coefficient (Wildman–Crippen LogP) is 1.99. The summed E-state index contributed by atoms with van der Waals surface area (Å²) in [6, 6.07) is 0. The monoisotopic (exact) mass is 243 g/mol. The van der Waals surface area contributed by atoms with Crippen LogP contribution in [0.2, 0.25) is 0 Å². The third-order valence-electron chi connectivity index (χ3n) is 3.75. The SMILES string of the molecule is COC(C)(C)CCN1CCC(CC(=O)O)CC1. The molecule has 17 heavy (non-hydrogen) atoms. The summed E-state index contributed by atoms with van der Waals surface area (Å²) in [6.45, 7) is 7.30. The number of hydrogen-bond donors (Lipinski definition) is 1. The molecule has 0 saturated carbocycles. The number of methoxy groups -OCH3 is 1. The molecule has 4 nitrogen and oxygen atoms in total. The Morgan fingerprint density at radius 1 is 1.41 bits per heavy atom. The van der Waals surface area contributed by atoms with Gasteiger partial charge in [0, 0.05) is 20.1 Å². The first-order valence-electron chi connectivity index (χ1n) is 6.42. The first-order chi connectivity index (χ1) is 7.93. The van der Waals surface area contributed by atoms with Crippen LogP contribution in [0.4, 0.5) is 0 Å². The van der Waals surface area contributed by atoms with Crippen molar-refractivity contribution in [2.24, 2.45) is 5.92 Å². The number of ether oxygens (including phenoxy) is 1. The average Bonchev–Trinajstić information content (AvgIpc) is 2.28. The van der Waals surface area contributed by atoms with Crippen LogP contribution < -0.4 is 0 Å². The van der Waals surface area contributed by atoms with Gasteiger partial charge in [-0.15, -0.1) is 0 Å². The Hall–Kier alpha value is -0.610. The highest BCUT2D eigenvalue weighted by atomic mass is 16.5. The Bertz CT molecular complexity index is 245. The van der Waals surface area contributed by atoms with Crippen molar-refractivity contribution >= 4 is 5.97 Å². The molecule has 0 unspecified atom stereocenters. The summed E-state index contributed by atoms with van der Waals surface area (Å²) in [5.41, 5.74) is -0.0576. The molecule has 0 aromatic rings. The molecule has 1 aliphatic rings. The molecule has 0 aromatic heterocycles. The zero-order valence-electron chi connectivity index (χ0n) is 11.2.